The number of morpholine rings is 1. The van der Waals surface area contributed by atoms with Gasteiger partial charge in [0.05, 0.1) is 19.3 Å². The number of rotatable bonds is 8. The van der Waals surface area contributed by atoms with Crippen LogP contribution in [0.2, 0.25) is 0 Å². The average Bonchev–Trinajstić information content (AvgIpc) is 2.43. The van der Waals surface area contributed by atoms with E-state index in [2.05, 4.69) is 19.2 Å². The maximum absolute atomic E-state index is 12.2. The minimum absolute atomic E-state index is 0.0840. The highest BCUT2D eigenvalue weighted by atomic mass is 16.5. The van der Waals surface area contributed by atoms with Crippen LogP contribution in [-0.2, 0) is 9.53 Å². The number of nitrogens with zero attached hydrogens (tertiary/aromatic N) is 1. The number of hydrogen-bond acceptors (Lipinski definition) is 3. The van der Waals surface area contributed by atoms with Crippen molar-refractivity contribution in [1.82, 2.24) is 10.2 Å². The summed E-state index contributed by atoms with van der Waals surface area (Å²) in [6, 6.07) is 0.330. The Morgan fingerprint density at radius 1 is 1.21 bits per heavy atom. The molecule has 112 valence electrons. The van der Waals surface area contributed by atoms with Gasteiger partial charge in [-0.15, -0.1) is 0 Å². The molecule has 1 fully saturated rings. The Labute approximate surface area is 117 Å². The Balaban J connectivity index is 2.20. The molecule has 1 rings (SSSR count). The van der Waals surface area contributed by atoms with Crippen LogP contribution >= 0.6 is 0 Å². The number of carbonyl (C=O) groups excluding carboxylic acids is 1. The first kappa shape index (κ1) is 16.4. The smallest absolute Gasteiger partial charge is 0.239 e. The molecule has 1 N–H and O–H groups in total. The van der Waals surface area contributed by atoms with Crippen molar-refractivity contribution in [3.8, 4) is 0 Å². The van der Waals surface area contributed by atoms with Crippen molar-refractivity contribution in [2.24, 2.45) is 0 Å². The predicted octanol–water partition coefficient (Wildman–Crippen LogP) is 2.18. The molecule has 0 aromatic rings. The highest BCUT2D eigenvalue weighted by Gasteiger charge is 2.23. The van der Waals surface area contributed by atoms with E-state index in [1.165, 1.54) is 25.7 Å². The highest BCUT2D eigenvalue weighted by molar-refractivity contribution is 5.81. The molecule has 0 aromatic carbocycles. The van der Waals surface area contributed by atoms with Crippen LogP contribution in [0.15, 0.2) is 0 Å². The van der Waals surface area contributed by atoms with Gasteiger partial charge in [0, 0.05) is 19.1 Å². The Kier molecular flexibility index (Phi) is 8.07. The van der Waals surface area contributed by atoms with Crippen LogP contribution < -0.4 is 5.32 Å². The molecule has 0 spiro atoms. The predicted molar refractivity (Wildman–Crippen MR) is 78.2 cm³/mol. The molecule has 1 amide bonds. The third-order valence-corrected chi connectivity index (χ3v) is 3.72. The fraction of sp³-hybridized carbons (Fsp3) is 0.933. The monoisotopic (exact) mass is 270 g/mol. The van der Waals surface area contributed by atoms with Gasteiger partial charge < -0.3 is 15.0 Å². The summed E-state index contributed by atoms with van der Waals surface area (Å²) in [5.41, 5.74) is 0. The summed E-state index contributed by atoms with van der Waals surface area (Å²) in [6.07, 6.45) is 6.29. The third-order valence-electron chi connectivity index (χ3n) is 3.72. The van der Waals surface area contributed by atoms with E-state index in [0.717, 1.165) is 19.5 Å². The summed E-state index contributed by atoms with van der Waals surface area (Å²) in [4.78, 5) is 14.1. The van der Waals surface area contributed by atoms with Gasteiger partial charge in [0.2, 0.25) is 5.91 Å². The molecule has 4 heteroatoms. The largest absolute Gasteiger partial charge is 0.378 e. The van der Waals surface area contributed by atoms with Crippen LogP contribution in [-0.4, -0.2) is 49.2 Å². The zero-order chi connectivity index (χ0) is 14.1. The van der Waals surface area contributed by atoms with Gasteiger partial charge in [-0.3, -0.25) is 4.79 Å². The second-order valence-electron chi connectivity index (χ2n) is 5.58. The number of unbranched alkanes of at least 4 members (excludes halogenated alkanes) is 3. The second kappa shape index (κ2) is 9.32. The number of nitrogens with one attached hydrogen (secondary N) is 1. The van der Waals surface area contributed by atoms with E-state index in [-0.39, 0.29) is 11.9 Å². The lowest BCUT2D eigenvalue weighted by Gasteiger charge is -2.30. The van der Waals surface area contributed by atoms with E-state index in [1.54, 1.807) is 0 Å². The van der Waals surface area contributed by atoms with Crippen molar-refractivity contribution in [3.63, 3.8) is 0 Å². The molecular formula is C15H30N2O2. The molecule has 19 heavy (non-hydrogen) atoms. The van der Waals surface area contributed by atoms with Crippen molar-refractivity contribution in [2.75, 3.05) is 26.3 Å². The SMILES string of the molecule is CCCCCCC(C)NC(C)C(=O)N1CCOCC1. The van der Waals surface area contributed by atoms with E-state index >= 15 is 0 Å². The van der Waals surface area contributed by atoms with E-state index in [0.29, 0.717) is 19.3 Å². The Morgan fingerprint density at radius 2 is 1.89 bits per heavy atom. The Hall–Kier alpha value is -0.610. The molecule has 1 saturated heterocycles. The fourth-order valence-electron chi connectivity index (χ4n) is 2.52. The average molecular weight is 270 g/mol. The normalized spacial score (nSPS) is 19.2. The van der Waals surface area contributed by atoms with Crippen LogP contribution in [0.3, 0.4) is 0 Å². The van der Waals surface area contributed by atoms with Crippen LogP contribution in [0, 0.1) is 0 Å². The first-order valence-corrected chi connectivity index (χ1v) is 7.77. The van der Waals surface area contributed by atoms with E-state index < -0.39 is 0 Å². The van der Waals surface area contributed by atoms with Gasteiger partial charge in [0.15, 0.2) is 0 Å². The molecule has 0 bridgehead atoms. The molecule has 2 atom stereocenters. The molecule has 1 aliphatic rings. The van der Waals surface area contributed by atoms with Crippen LogP contribution in [0.5, 0.6) is 0 Å². The quantitative estimate of drug-likeness (QED) is 0.687. The number of ether oxygens (including phenoxy) is 1. The lowest BCUT2D eigenvalue weighted by atomic mass is 10.1. The lowest BCUT2D eigenvalue weighted by Crippen LogP contribution is -2.51. The molecule has 0 radical (unpaired) electrons. The molecule has 4 nitrogen and oxygen atoms in total. The highest BCUT2D eigenvalue weighted by Crippen LogP contribution is 2.07. The number of amides is 1. The van der Waals surface area contributed by atoms with Crippen molar-refractivity contribution in [3.05, 3.63) is 0 Å². The molecule has 1 aliphatic heterocycles. The number of carbonyl (C=O) groups is 1. The first-order valence-electron chi connectivity index (χ1n) is 7.77. The lowest BCUT2D eigenvalue weighted by molar-refractivity contribution is -0.137. The van der Waals surface area contributed by atoms with E-state index in [9.17, 15) is 4.79 Å². The maximum Gasteiger partial charge on any atom is 0.239 e. The standard InChI is InChI=1S/C15H30N2O2/c1-4-5-6-7-8-13(2)16-14(3)15(18)17-9-11-19-12-10-17/h13-14,16H,4-12H2,1-3H3. The van der Waals surface area contributed by atoms with E-state index in [1.807, 2.05) is 11.8 Å². The van der Waals surface area contributed by atoms with Gasteiger partial charge >= 0.3 is 0 Å². The summed E-state index contributed by atoms with van der Waals surface area (Å²) in [7, 11) is 0. The van der Waals surface area contributed by atoms with Gasteiger partial charge in [-0.05, 0) is 20.3 Å². The zero-order valence-corrected chi connectivity index (χ0v) is 12.8. The van der Waals surface area contributed by atoms with Crippen LogP contribution in [0.4, 0.5) is 0 Å². The second-order valence-corrected chi connectivity index (χ2v) is 5.58. The van der Waals surface area contributed by atoms with E-state index in [4.69, 9.17) is 4.74 Å². The summed E-state index contributed by atoms with van der Waals surface area (Å²) < 4.78 is 5.27. The van der Waals surface area contributed by atoms with Crippen molar-refractivity contribution >= 4 is 5.91 Å². The van der Waals surface area contributed by atoms with Gasteiger partial charge in [0.1, 0.15) is 0 Å². The minimum Gasteiger partial charge on any atom is -0.378 e. The van der Waals surface area contributed by atoms with Crippen LogP contribution in [0.1, 0.15) is 52.9 Å². The molecule has 2 unspecified atom stereocenters. The van der Waals surface area contributed by atoms with Crippen molar-refractivity contribution in [1.29, 1.82) is 0 Å². The molecular weight excluding hydrogens is 240 g/mol. The summed E-state index contributed by atoms with van der Waals surface area (Å²) in [6.45, 7) is 9.18. The maximum atomic E-state index is 12.2. The molecule has 0 saturated carbocycles. The molecule has 1 heterocycles. The van der Waals surface area contributed by atoms with Gasteiger partial charge in [-0.25, -0.2) is 0 Å². The Bertz CT molecular complexity index is 253. The van der Waals surface area contributed by atoms with Gasteiger partial charge in [0.25, 0.3) is 0 Å². The molecule has 0 aromatic heterocycles. The van der Waals surface area contributed by atoms with Crippen molar-refractivity contribution < 1.29 is 9.53 Å². The van der Waals surface area contributed by atoms with Crippen molar-refractivity contribution in [2.45, 2.75) is 65.0 Å². The topological polar surface area (TPSA) is 41.6 Å². The van der Waals surface area contributed by atoms with Gasteiger partial charge in [-0.1, -0.05) is 32.6 Å². The zero-order valence-electron chi connectivity index (χ0n) is 12.8. The first-order chi connectivity index (χ1) is 9.15. The van der Waals surface area contributed by atoms with Gasteiger partial charge in [-0.2, -0.15) is 0 Å². The summed E-state index contributed by atoms with van der Waals surface area (Å²) >= 11 is 0. The number of hydrogen-bond donors (Lipinski definition) is 1. The molecule has 0 aliphatic carbocycles. The fourth-order valence-corrected chi connectivity index (χ4v) is 2.52. The Morgan fingerprint density at radius 3 is 2.53 bits per heavy atom. The third kappa shape index (κ3) is 6.39. The summed E-state index contributed by atoms with van der Waals surface area (Å²) in [5, 5.41) is 3.42. The summed E-state index contributed by atoms with van der Waals surface area (Å²) in [5.74, 6) is 0.212. The van der Waals surface area contributed by atoms with Crippen LogP contribution in [0.25, 0.3) is 0 Å². The minimum atomic E-state index is -0.0840.